The largest absolute Gasteiger partial charge is 0.378 e. The average Bonchev–Trinajstić information content (AvgIpc) is 2.41. The van der Waals surface area contributed by atoms with Crippen molar-refractivity contribution in [2.45, 2.75) is 57.4 Å². The number of ether oxygens (including phenoxy) is 1. The van der Waals surface area contributed by atoms with E-state index in [1.807, 2.05) is 6.07 Å². The summed E-state index contributed by atoms with van der Waals surface area (Å²) in [6.07, 6.45) is 5.99. The Morgan fingerprint density at radius 2 is 2.00 bits per heavy atom. The van der Waals surface area contributed by atoms with E-state index in [2.05, 4.69) is 19.9 Å². The van der Waals surface area contributed by atoms with Gasteiger partial charge < -0.3 is 4.74 Å². The minimum Gasteiger partial charge on any atom is -0.378 e. The highest BCUT2D eigenvalue weighted by atomic mass is 35.5. The topological polar surface area (TPSA) is 9.23 Å². The van der Waals surface area contributed by atoms with Gasteiger partial charge in [0.05, 0.1) is 11.5 Å². The predicted octanol–water partition coefficient (Wildman–Crippen LogP) is 5.59. The van der Waals surface area contributed by atoms with E-state index < -0.39 is 0 Å². The zero-order valence-electron chi connectivity index (χ0n) is 11.7. The van der Waals surface area contributed by atoms with Gasteiger partial charge in [-0.15, -0.1) is 11.6 Å². The van der Waals surface area contributed by atoms with Gasteiger partial charge in [-0.25, -0.2) is 0 Å². The van der Waals surface area contributed by atoms with Crippen molar-refractivity contribution in [3.8, 4) is 0 Å². The molecule has 0 N–H and O–H groups in total. The van der Waals surface area contributed by atoms with Crippen molar-refractivity contribution < 1.29 is 4.74 Å². The lowest BCUT2D eigenvalue weighted by Gasteiger charge is -2.23. The summed E-state index contributed by atoms with van der Waals surface area (Å²) >= 11 is 12.8. The third-order valence-electron chi connectivity index (χ3n) is 3.97. The molecule has 0 bridgehead atoms. The highest BCUT2D eigenvalue weighted by molar-refractivity contribution is 6.32. The molecule has 1 aromatic carbocycles. The molecule has 1 aliphatic heterocycles. The van der Waals surface area contributed by atoms with Crippen LogP contribution in [0.1, 0.15) is 54.2 Å². The summed E-state index contributed by atoms with van der Waals surface area (Å²) in [6, 6.07) is 4.13. The van der Waals surface area contributed by atoms with E-state index in [4.69, 9.17) is 27.9 Å². The summed E-state index contributed by atoms with van der Waals surface area (Å²) in [5.41, 5.74) is 3.52. The maximum atomic E-state index is 6.52. The van der Waals surface area contributed by atoms with Crippen LogP contribution in [0.4, 0.5) is 0 Å². The van der Waals surface area contributed by atoms with Crippen LogP contribution in [0.15, 0.2) is 12.1 Å². The molecular weight excluding hydrogens is 279 g/mol. The highest BCUT2D eigenvalue weighted by Gasteiger charge is 2.18. The Kier molecular flexibility index (Phi) is 5.56. The zero-order valence-corrected chi connectivity index (χ0v) is 13.2. The molecule has 0 saturated carbocycles. The first-order chi connectivity index (χ1) is 9.08. The summed E-state index contributed by atoms with van der Waals surface area (Å²) in [6.45, 7) is 5.08. The van der Waals surface area contributed by atoms with E-state index in [0.717, 1.165) is 30.0 Å². The van der Waals surface area contributed by atoms with Gasteiger partial charge in [-0.2, -0.15) is 0 Å². The Bertz CT molecular complexity index is 425. The molecule has 1 saturated heterocycles. The second-order valence-corrected chi connectivity index (χ2v) is 6.43. The number of aryl methyl sites for hydroxylation is 2. The van der Waals surface area contributed by atoms with Crippen LogP contribution in [0.3, 0.4) is 0 Å². The minimum absolute atomic E-state index is 0.0164. The summed E-state index contributed by atoms with van der Waals surface area (Å²) < 4.78 is 5.75. The number of hydrogen-bond acceptors (Lipinski definition) is 1. The van der Waals surface area contributed by atoms with E-state index in [1.165, 1.54) is 30.4 Å². The van der Waals surface area contributed by atoms with Crippen LogP contribution in [0.2, 0.25) is 5.02 Å². The summed E-state index contributed by atoms with van der Waals surface area (Å²) in [4.78, 5) is 0. The Balaban J connectivity index is 1.95. The number of rotatable bonds is 4. The SMILES string of the molecule is Cc1cc(Cl)c(C(Cl)CCC2CCCCO2)cc1C. The molecule has 1 aromatic rings. The van der Waals surface area contributed by atoms with E-state index >= 15 is 0 Å². The molecule has 0 aliphatic carbocycles. The van der Waals surface area contributed by atoms with Gasteiger partial charge in [0.15, 0.2) is 0 Å². The van der Waals surface area contributed by atoms with Crippen molar-refractivity contribution in [2.24, 2.45) is 0 Å². The minimum atomic E-state index is -0.0164. The summed E-state index contributed by atoms with van der Waals surface area (Å²) in [7, 11) is 0. The molecule has 3 heteroatoms. The van der Waals surface area contributed by atoms with Crippen LogP contribution in [0.25, 0.3) is 0 Å². The summed E-state index contributed by atoms with van der Waals surface area (Å²) in [5, 5.41) is 0.769. The van der Waals surface area contributed by atoms with E-state index in [1.54, 1.807) is 0 Å². The Morgan fingerprint density at radius 1 is 1.26 bits per heavy atom. The van der Waals surface area contributed by atoms with Gasteiger partial charge in [0.2, 0.25) is 0 Å². The molecule has 0 aromatic heterocycles. The van der Waals surface area contributed by atoms with Gasteiger partial charge in [-0.05, 0) is 68.7 Å². The van der Waals surface area contributed by atoms with Gasteiger partial charge >= 0.3 is 0 Å². The van der Waals surface area contributed by atoms with Gasteiger partial charge in [0, 0.05) is 11.6 Å². The van der Waals surface area contributed by atoms with Crippen LogP contribution in [0, 0.1) is 13.8 Å². The van der Waals surface area contributed by atoms with Crippen LogP contribution >= 0.6 is 23.2 Å². The molecule has 19 heavy (non-hydrogen) atoms. The van der Waals surface area contributed by atoms with E-state index in [9.17, 15) is 0 Å². The number of hydrogen-bond donors (Lipinski definition) is 0. The van der Waals surface area contributed by atoms with Crippen LogP contribution in [0.5, 0.6) is 0 Å². The molecule has 2 atom stereocenters. The fourth-order valence-electron chi connectivity index (χ4n) is 2.57. The molecule has 0 spiro atoms. The van der Waals surface area contributed by atoms with Crippen molar-refractivity contribution >= 4 is 23.2 Å². The fourth-order valence-corrected chi connectivity index (χ4v) is 3.28. The Labute approximate surface area is 126 Å². The zero-order chi connectivity index (χ0) is 13.8. The van der Waals surface area contributed by atoms with Crippen molar-refractivity contribution in [1.29, 1.82) is 0 Å². The first kappa shape index (κ1) is 15.2. The first-order valence-corrected chi connectivity index (χ1v) is 7.91. The van der Waals surface area contributed by atoms with Crippen LogP contribution < -0.4 is 0 Å². The molecule has 106 valence electrons. The molecular formula is C16H22Cl2O. The molecule has 0 radical (unpaired) electrons. The lowest BCUT2D eigenvalue weighted by atomic mass is 9.98. The van der Waals surface area contributed by atoms with Crippen LogP contribution in [-0.4, -0.2) is 12.7 Å². The third-order valence-corrected chi connectivity index (χ3v) is 4.75. The maximum absolute atomic E-state index is 6.52. The van der Waals surface area contributed by atoms with Crippen molar-refractivity contribution in [3.05, 3.63) is 33.8 Å². The van der Waals surface area contributed by atoms with Crippen molar-refractivity contribution in [2.75, 3.05) is 6.61 Å². The van der Waals surface area contributed by atoms with Crippen molar-refractivity contribution in [1.82, 2.24) is 0 Å². The molecule has 2 rings (SSSR count). The second-order valence-electron chi connectivity index (χ2n) is 5.49. The molecule has 2 unspecified atom stereocenters. The average molecular weight is 301 g/mol. The highest BCUT2D eigenvalue weighted by Crippen LogP contribution is 2.34. The number of halogens is 2. The predicted molar refractivity (Wildman–Crippen MR) is 82.3 cm³/mol. The number of benzene rings is 1. The van der Waals surface area contributed by atoms with Gasteiger partial charge in [0.25, 0.3) is 0 Å². The molecule has 1 heterocycles. The monoisotopic (exact) mass is 300 g/mol. The lowest BCUT2D eigenvalue weighted by molar-refractivity contribution is 0.0100. The normalized spacial score (nSPS) is 21.4. The molecule has 0 amide bonds. The summed E-state index contributed by atoms with van der Waals surface area (Å²) in [5.74, 6) is 0. The standard InChI is InChI=1S/C16H22Cl2O/c1-11-9-14(16(18)10-12(11)2)15(17)7-6-13-5-3-4-8-19-13/h9-10,13,15H,3-8H2,1-2H3. The van der Waals surface area contributed by atoms with Gasteiger partial charge in [0.1, 0.15) is 0 Å². The van der Waals surface area contributed by atoms with Gasteiger partial charge in [-0.3, -0.25) is 0 Å². The molecule has 1 nitrogen and oxygen atoms in total. The van der Waals surface area contributed by atoms with Crippen molar-refractivity contribution in [3.63, 3.8) is 0 Å². The molecule has 1 aliphatic rings. The van der Waals surface area contributed by atoms with Gasteiger partial charge in [-0.1, -0.05) is 17.7 Å². The van der Waals surface area contributed by atoms with E-state index in [-0.39, 0.29) is 5.38 Å². The third kappa shape index (κ3) is 4.11. The number of alkyl halides is 1. The second kappa shape index (κ2) is 6.97. The quantitative estimate of drug-likeness (QED) is 0.659. The fraction of sp³-hybridized carbons (Fsp3) is 0.625. The lowest BCUT2D eigenvalue weighted by Crippen LogP contribution is -2.19. The van der Waals surface area contributed by atoms with Crippen LogP contribution in [-0.2, 0) is 4.74 Å². The Hall–Kier alpha value is -0.240. The maximum Gasteiger partial charge on any atom is 0.0601 e. The first-order valence-electron chi connectivity index (χ1n) is 7.10. The smallest absolute Gasteiger partial charge is 0.0601 e. The van der Waals surface area contributed by atoms with E-state index in [0.29, 0.717) is 6.10 Å². The molecule has 1 fully saturated rings. The Morgan fingerprint density at radius 3 is 2.68 bits per heavy atom.